The smallest absolute Gasteiger partial charge is 0.101 e. The van der Waals surface area contributed by atoms with Crippen molar-refractivity contribution in [1.29, 1.82) is 0 Å². The van der Waals surface area contributed by atoms with Crippen molar-refractivity contribution in [1.82, 2.24) is 4.98 Å². The molecule has 0 atom stereocenters. The average molecular weight is 230 g/mol. The van der Waals surface area contributed by atoms with Gasteiger partial charge in [0.2, 0.25) is 0 Å². The molecule has 0 radical (unpaired) electrons. The van der Waals surface area contributed by atoms with E-state index < -0.39 is 0 Å². The molecule has 0 aliphatic heterocycles. The lowest BCUT2D eigenvalue weighted by Crippen LogP contribution is -1.99. The molecule has 1 aromatic heterocycles. The molecule has 16 heavy (non-hydrogen) atoms. The summed E-state index contributed by atoms with van der Waals surface area (Å²) in [5, 5.41) is 0.994. The second-order valence-corrected chi connectivity index (χ2v) is 4.68. The molecule has 0 aliphatic rings. The van der Waals surface area contributed by atoms with E-state index in [4.69, 9.17) is 5.73 Å². The molecule has 2 rings (SSSR count). The highest BCUT2D eigenvalue weighted by atomic mass is 32.2. The highest BCUT2D eigenvalue weighted by Crippen LogP contribution is 2.26. The van der Waals surface area contributed by atoms with E-state index in [1.165, 1.54) is 10.5 Å². The van der Waals surface area contributed by atoms with Crippen molar-refractivity contribution in [3.05, 3.63) is 53.7 Å². The maximum atomic E-state index is 5.56. The molecule has 2 aromatic rings. The number of pyridine rings is 1. The maximum absolute atomic E-state index is 5.56. The fourth-order valence-corrected chi connectivity index (χ4v) is 2.37. The van der Waals surface area contributed by atoms with Gasteiger partial charge in [0.25, 0.3) is 0 Å². The highest BCUT2D eigenvalue weighted by Gasteiger charge is 1.99. The van der Waals surface area contributed by atoms with Crippen LogP contribution in [0.3, 0.4) is 0 Å². The summed E-state index contributed by atoms with van der Waals surface area (Å²) in [4.78, 5) is 5.66. The van der Waals surface area contributed by atoms with Crippen molar-refractivity contribution < 1.29 is 0 Å². The third kappa shape index (κ3) is 2.84. The summed E-state index contributed by atoms with van der Waals surface area (Å²) >= 11 is 1.66. The minimum Gasteiger partial charge on any atom is -0.325 e. The molecule has 0 spiro atoms. The second kappa shape index (κ2) is 5.14. The van der Waals surface area contributed by atoms with Crippen molar-refractivity contribution in [3.63, 3.8) is 0 Å². The first-order valence-electron chi connectivity index (χ1n) is 5.18. The predicted molar refractivity (Wildman–Crippen MR) is 67.4 cm³/mol. The van der Waals surface area contributed by atoms with Crippen LogP contribution in [-0.4, -0.2) is 4.98 Å². The Kier molecular flexibility index (Phi) is 3.59. The zero-order valence-corrected chi connectivity index (χ0v) is 10.00. The quantitative estimate of drug-likeness (QED) is 0.881. The van der Waals surface area contributed by atoms with E-state index in [9.17, 15) is 0 Å². The molecule has 1 aromatic carbocycles. The van der Waals surface area contributed by atoms with Crippen molar-refractivity contribution in [2.24, 2.45) is 5.73 Å². The van der Waals surface area contributed by atoms with Crippen LogP contribution in [0.2, 0.25) is 0 Å². The van der Waals surface area contributed by atoms with Gasteiger partial charge in [0, 0.05) is 11.4 Å². The predicted octanol–water partition coefficient (Wildman–Crippen LogP) is 3.00. The molecule has 0 aliphatic carbocycles. The van der Waals surface area contributed by atoms with Gasteiger partial charge in [-0.15, -0.1) is 0 Å². The molecule has 3 heteroatoms. The Morgan fingerprint density at radius 3 is 2.75 bits per heavy atom. The van der Waals surface area contributed by atoms with Crippen LogP contribution in [0.25, 0.3) is 0 Å². The van der Waals surface area contributed by atoms with Crippen LogP contribution in [0.1, 0.15) is 11.3 Å². The Hall–Kier alpha value is -1.32. The molecule has 0 bridgehead atoms. The first-order chi connectivity index (χ1) is 7.78. The molecule has 82 valence electrons. The van der Waals surface area contributed by atoms with E-state index in [1.54, 1.807) is 11.8 Å². The normalized spacial score (nSPS) is 10.4. The van der Waals surface area contributed by atoms with Gasteiger partial charge in [-0.3, -0.25) is 0 Å². The SMILES string of the molecule is Cc1cccc(Sc2cccc(CN)n2)c1. The van der Waals surface area contributed by atoms with Gasteiger partial charge in [-0.25, -0.2) is 4.98 Å². The van der Waals surface area contributed by atoms with Crippen LogP contribution in [0.4, 0.5) is 0 Å². The zero-order valence-electron chi connectivity index (χ0n) is 9.18. The van der Waals surface area contributed by atoms with E-state index in [2.05, 4.69) is 36.2 Å². The van der Waals surface area contributed by atoms with Gasteiger partial charge in [0.1, 0.15) is 5.03 Å². The third-order valence-electron chi connectivity index (χ3n) is 2.20. The van der Waals surface area contributed by atoms with Crippen molar-refractivity contribution in [2.45, 2.75) is 23.4 Å². The van der Waals surface area contributed by atoms with Crippen LogP contribution in [-0.2, 0) is 6.54 Å². The minimum absolute atomic E-state index is 0.488. The summed E-state index contributed by atoms with van der Waals surface area (Å²) in [7, 11) is 0. The number of aromatic nitrogens is 1. The number of hydrogen-bond donors (Lipinski definition) is 1. The number of rotatable bonds is 3. The number of benzene rings is 1. The van der Waals surface area contributed by atoms with Gasteiger partial charge in [0.05, 0.1) is 5.69 Å². The van der Waals surface area contributed by atoms with Gasteiger partial charge in [-0.05, 0) is 31.2 Å². The molecule has 0 fully saturated rings. The summed E-state index contributed by atoms with van der Waals surface area (Å²) < 4.78 is 0. The molecule has 0 saturated heterocycles. The Labute approximate surface area is 99.9 Å². The van der Waals surface area contributed by atoms with E-state index in [0.29, 0.717) is 6.54 Å². The van der Waals surface area contributed by atoms with Crippen LogP contribution in [0.5, 0.6) is 0 Å². The van der Waals surface area contributed by atoms with Gasteiger partial charge >= 0.3 is 0 Å². The monoisotopic (exact) mass is 230 g/mol. The van der Waals surface area contributed by atoms with Crippen molar-refractivity contribution >= 4 is 11.8 Å². The lowest BCUT2D eigenvalue weighted by molar-refractivity contribution is 0.942. The van der Waals surface area contributed by atoms with E-state index in [0.717, 1.165) is 10.7 Å². The van der Waals surface area contributed by atoms with E-state index in [-0.39, 0.29) is 0 Å². The molecule has 0 amide bonds. The topological polar surface area (TPSA) is 38.9 Å². The van der Waals surface area contributed by atoms with E-state index >= 15 is 0 Å². The van der Waals surface area contributed by atoms with Gasteiger partial charge in [0.15, 0.2) is 0 Å². The summed E-state index contributed by atoms with van der Waals surface area (Å²) in [5.74, 6) is 0. The Bertz CT molecular complexity index is 483. The molecule has 0 saturated carbocycles. The first-order valence-corrected chi connectivity index (χ1v) is 6.00. The second-order valence-electron chi connectivity index (χ2n) is 3.59. The van der Waals surface area contributed by atoms with Gasteiger partial charge < -0.3 is 5.73 Å². The molecule has 1 heterocycles. The molecule has 0 unspecified atom stereocenters. The minimum atomic E-state index is 0.488. The lowest BCUT2D eigenvalue weighted by Gasteiger charge is -2.03. The van der Waals surface area contributed by atoms with E-state index in [1.807, 2.05) is 18.2 Å². The molecule has 2 nitrogen and oxygen atoms in total. The number of aryl methyl sites for hydroxylation is 1. The highest BCUT2D eigenvalue weighted by molar-refractivity contribution is 7.99. The summed E-state index contributed by atoms with van der Waals surface area (Å²) in [6.45, 7) is 2.58. The lowest BCUT2D eigenvalue weighted by atomic mass is 10.2. The third-order valence-corrected chi connectivity index (χ3v) is 3.13. The molecular formula is C13H14N2S. The summed E-state index contributed by atoms with van der Waals surface area (Å²) in [6.07, 6.45) is 0. The van der Waals surface area contributed by atoms with Gasteiger partial charge in [-0.1, -0.05) is 35.5 Å². The Morgan fingerprint density at radius 1 is 1.19 bits per heavy atom. The number of nitrogens with zero attached hydrogens (tertiary/aromatic N) is 1. The molecular weight excluding hydrogens is 216 g/mol. The first kappa shape index (κ1) is 11.2. The van der Waals surface area contributed by atoms with Crippen LogP contribution in [0.15, 0.2) is 52.4 Å². The number of nitrogens with two attached hydrogens (primary N) is 1. The van der Waals surface area contributed by atoms with Crippen molar-refractivity contribution in [2.75, 3.05) is 0 Å². The van der Waals surface area contributed by atoms with Gasteiger partial charge in [-0.2, -0.15) is 0 Å². The average Bonchev–Trinajstić information content (AvgIpc) is 2.29. The molecule has 2 N–H and O–H groups in total. The largest absolute Gasteiger partial charge is 0.325 e. The van der Waals surface area contributed by atoms with Crippen molar-refractivity contribution in [3.8, 4) is 0 Å². The fourth-order valence-electron chi connectivity index (χ4n) is 1.43. The zero-order chi connectivity index (χ0) is 11.4. The Balaban J connectivity index is 2.20. The fraction of sp³-hybridized carbons (Fsp3) is 0.154. The van der Waals surface area contributed by atoms with Crippen LogP contribution >= 0.6 is 11.8 Å². The van der Waals surface area contributed by atoms with Crippen LogP contribution in [0, 0.1) is 6.92 Å². The van der Waals surface area contributed by atoms with Crippen LogP contribution < -0.4 is 5.73 Å². The summed E-state index contributed by atoms with van der Waals surface area (Å²) in [6, 6.07) is 14.3. The standard InChI is InChI=1S/C13H14N2S/c1-10-4-2-6-12(8-10)16-13-7-3-5-11(9-14)15-13/h2-8H,9,14H2,1H3. The maximum Gasteiger partial charge on any atom is 0.101 e. The number of hydrogen-bond acceptors (Lipinski definition) is 3. The Morgan fingerprint density at radius 2 is 2.00 bits per heavy atom. The summed E-state index contributed by atoms with van der Waals surface area (Å²) in [5.41, 5.74) is 7.76.